The van der Waals surface area contributed by atoms with E-state index in [4.69, 9.17) is 0 Å². The first kappa shape index (κ1) is 23.1. The molecule has 4 nitrogen and oxygen atoms in total. The molecule has 178 valence electrons. The number of pyridine rings is 2. The van der Waals surface area contributed by atoms with E-state index >= 15 is 0 Å². The highest BCUT2D eigenvalue weighted by Gasteiger charge is 2.14. The number of hydrogen-bond donors (Lipinski definition) is 0. The predicted octanol–water partition coefficient (Wildman–Crippen LogP) is 4.75. The van der Waals surface area contributed by atoms with E-state index in [0.717, 1.165) is 19.4 Å². The summed E-state index contributed by atoms with van der Waals surface area (Å²) in [5.41, 5.74) is 7.86. The summed E-state index contributed by atoms with van der Waals surface area (Å²) in [7, 11) is 4.14. The molecule has 3 heterocycles. The van der Waals surface area contributed by atoms with Gasteiger partial charge in [0.25, 0.3) is 0 Å². The molecular formula is C31H36N4+2. The first-order valence-electron chi connectivity index (χ1n) is 12.7. The van der Waals surface area contributed by atoms with Crippen molar-refractivity contribution in [2.45, 2.75) is 32.2 Å². The lowest BCUT2D eigenvalue weighted by molar-refractivity contribution is -0.688. The second-order valence-corrected chi connectivity index (χ2v) is 9.76. The maximum Gasteiger partial charge on any atom is 0.210 e. The summed E-state index contributed by atoms with van der Waals surface area (Å²) in [5.74, 6) is 0. The zero-order valence-electron chi connectivity index (χ0n) is 21.0. The summed E-state index contributed by atoms with van der Waals surface area (Å²) in [4.78, 5) is 4.60. The van der Waals surface area contributed by atoms with Crippen LogP contribution in [-0.2, 0) is 19.4 Å². The van der Waals surface area contributed by atoms with Gasteiger partial charge < -0.3 is 9.80 Å². The number of rotatable bonds is 8. The van der Waals surface area contributed by atoms with Crippen molar-refractivity contribution in [3.8, 4) is 5.69 Å². The van der Waals surface area contributed by atoms with Gasteiger partial charge in [0.1, 0.15) is 0 Å². The number of aromatic nitrogens is 2. The molecule has 0 aliphatic carbocycles. The van der Waals surface area contributed by atoms with Crippen LogP contribution in [0.5, 0.6) is 0 Å². The summed E-state index contributed by atoms with van der Waals surface area (Å²) >= 11 is 0. The quantitative estimate of drug-likeness (QED) is 0.350. The lowest BCUT2D eigenvalue weighted by atomic mass is 10.0. The minimum absolute atomic E-state index is 0.895. The second kappa shape index (κ2) is 10.7. The van der Waals surface area contributed by atoms with E-state index in [1.54, 1.807) is 0 Å². The molecule has 1 aliphatic heterocycles. The van der Waals surface area contributed by atoms with Gasteiger partial charge in [-0.05, 0) is 36.8 Å². The van der Waals surface area contributed by atoms with E-state index < -0.39 is 0 Å². The van der Waals surface area contributed by atoms with Crippen molar-refractivity contribution in [2.24, 2.45) is 0 Å². The molecule has 0 N–H and O–H groups in total. The van der Waals surface area contributed by atoms with Gasteiger partial charge in [-0.1, -0.05) is 36.4 Å². The Balaban J connectivity index is 1.14. The summed E-state index contributed by atoms with van der Waals surface area (Å²) in [6, 6.07) is 26.8. The lowest BCUT2D eigenvalue weighted by Gasteiger charge is -2.16. The minimum atomic E-state index is 0.895. The van der Waals surface area contributed by atoms with Gasteiger partial charge in [-0.15, -0.1) is 0 Å². The van der Waals surface area contributed by atoms with Crippen LogP contribution in [0.2, 0.25) is 0 Å². The minimum Gasteiger partial charge on any atom is -0.377 e. The Bertz CT molecular complexity index is 1210. The van der Waals surface area contributed by atoms with Gasteiger partial charge in [-0.3, -0.25) is 0 Å². The number of anilines is 2. The number of benzene rings is 2. The van der Waals surface area contributed by atoms with Crippen LogP contribution in [0.25, 0.3) is 5.69 Å². The van der Waals surface area contributed by atoms with Crippen molar-refractivity contribution in [1.29, 1.82) is 0 Å². The third kappa shape index (κ3) is 5.89. The number of hydrogen-bond acceptors (Lipinski definition) is 2. The van der Waals surface area contributed by atoms with Gasteiger partial charge in [0.15, 0.2) is 31.3 Å². The topological polar surface area (TPSA) is 14.2 Å². The lowest BCUT2D eigenvalue weighted by Crippen LogP contribution is -2.33. The van der Waals surface area contributed by atoms with Crippen LogP contribution in [-0.4, -0.2) is 27.2 Å². The number of aryl methyl sites for hydroxylation is 2. The standard InChI is InChI=1S/C31H36N4/c1-32(2)29-15-21-33(22-16-29)25-28-9-7-26(8-10-28)5-6-27-11-13-30(14-12-27)35-23-17-31(18-24-35)34-19-3-4-20-34/h7-18,21-24H,3-6,19-20,25H2,1-2H3/q+2. The molecule has 1 aliphatic rings. The Morgan fingerprint density at radius 2 is 1.20 bits per heavy atom. The molecule has 1 fully saturated rings. The summed E-state index contributed by atoms with van der Waals surface area (Å²) < 4.78 is 4.43. The maximum absolute atomic E-state index is 2.47. The van der Waals surface area contributed by atoms with E-state index in [2.05, 4.69) is 131 Å². The van der Waals surface area contributed by atoms with E-state index in [1.807, 2.05) is 0 Å². The van der Waals surface area contributed by atoms with Gasteiger partial charge in [-0.25, -0.2) is 4.57 Å². The molecule has 0 spiro atoms. The summed E-state index contributed by atoms with van der Waals surface area (Å²) in [6.07, 6.45) is 13.4. The first-order valence-corrected chi connectivity index (χ1v) is 12.7. The molecule has 0 unspecified atom stereocenters. The van der Waals surface area contributed by atoms with Crippen molar-refractivity contribution >= 4 is 11.4 Å². The maximum atomic E-state index is 2.47. The normalized spacial score (nSPS) is 13.3. The van der Waals surface area contributed by atoms with Gasteiger partial charge >= 0.3 is 0 Å². The van der Waals surface area contributed by atoms with Crippen LogP contribution in [0, 0.1) is 0 Å². The molecule has 35 heavy (non-hydrogen) atoms. The van der Waals surface area contributed by atoms with Gasteiger partial charge in [-0.2, -0.15) is 4.57 Å². The smallest absolute Gasteiger partial charge is 0.210 e. The largest absolute Gasteiger partial charge is 0.377 e. The van der Waals surface area contributed by atoms with Crippen molar-refractivity contribution in [3.63, 3.8) is 0 Å². The molecule has 4 heteroatoms. The molecule has 0 atom stereocenters. The molecule has 4 aromatic rings. The molecule has 2 aromatic carbocycles. The summed E-state index contributed by atoms with van der Waals surface area (Å²) in [5, 5.41) is 0. The molecular weight excluding hydrogens is 428 g/mol. The van der Waals surface area contributed by atoms with Gasteiger partial charge in [0.2, 0.25) is 5.69 Å². The first-order chi connectivity index (χ1) is 17.1. The fourth-order valence-electron chi connectivity index (χ4n) is 4.78. The molecule has 0 saturated carbocycles. The van der Waals surface area contributed by atoms with Crippen molar-refractivity contribution in [3.05, 3.63) is 114 Å². The average Bonchev–Trinajstić information content (AvgIpc) is 3.44. The fraction of sp³-hybridized carbons (Fsp3) is 0.290. The van der Waals surface area contributed by atoms with Crippen LogP contribution >= 0.6 is 0 Å². The Kier molecular flexibility index (Phi) is 7.08. The third-order valence-corrected chi connectivity index (χ3v) is 7.00. The molecule has 0 amide bonds. The second-order valence-electron chi connectivity index (χ2n) is 9.76. The van der Waals surface area contributed by atoms with Crippen molar-refractivity contribution in [1.82, 2.24) is 0 Å². The summed E-state index contributed by atoms with van der Waals surface area (Å²) in [6.45, 7) is 3.27. The van der Waals surface area contributed by atoms with Crippen LogP contribution in [0.1, 0.15) is 29.5 Å². The van der Waals surface area contributed by atoms with Crippen LogP contribution in [0.15, 0.2) is 97.6 Å². The highest BCUT2D eigenvalue weighted by molar-refractivity contribution is 5.45. The van der Waals surface area contributed by atoms with E-state index in [0.29, 0.717) is 0 Å². The average molecular weight is 465 g/mol. The number of nitrogens with zero attached hydrogens (tertiary/aromatic N) is 4. The zero-order valence-corrected chi connectivity index (χ0v) is 21.0. The Hall–Kier alpha value is -3.66. The van der Waals surface area contributed by atoms with Gasteiger partial charge in [0, 0.05) is 80.5 Å². The predicted molar refractivity (Wildman–Crippen MR) is 143 cm³/mol. The zero-order chi connectivity index (χ0) is 24.0. The SMILES string of the molecule is CN(C)c1cc[n+](Cc2ccc(CCc3ccc(-[n+]4ccc(N5CCCC5)cc4)cc3)cc2)cc1. The van der Waals surface area contributed by atoms with E-state index in [1.165, 1.54) is 59.7 Å². The molecule has 0 bridgehead atoms. The monoisotopic (exact) mass is 464 g/mol. The molecule has 5 rings (SSSR count). The highest BCUT2D eigenvalue weighted by Crippen LogP contribution is 2.18. The highest BCUT2D eigenvalue weighted by atomic mass is 15.1. The van der Waals surface area contributed by atoms with Crippen molar-refractivity contribution < 1.29 is 9.13 Å². The fourth-order valence-corrected chi connectivity index (χ4v) is 4.78. The van der Waals surface area contributed by atoms with E-state index in [9.17, 15) is 0 Å². The van der Waals surface area contributed by atoms with Crippen LogP contribution < -0.4 is 18.9 Å². The Labute approximate surface area is 209 Å². The molecule has 1 saturated heterocycles. The molecule has 0 radical (unpaired) electrons. The van der Waals surface area contributed by atoms with Crippen molar-refractivity contribution in [2.75, 3.05) is 37.0 Å². The molecule has 2 aromatic heterocycles. The third-order valence-electron chi connectivity index (χ3n) is 7.00. The van der Waals surface area contributed by atoms with Gasteiger partial charge in [0.05, 0.1) is 0 Å². The Morgan fingerprint density at radius 3 is 1.77 bits per heavy atom. The van der Waals surface area contributed by atoms with E-state index in [-0.39, 0.29) is 0 Å². The Morgan fingerprint density at radius 1 is 0.657 bits per heavy atom. The van der Waals surface area contributed by atoms with Crippen LogP contribution in [0.3, 0.4) is 0 Å². The van der Waals surface area contributed by atoms with Crippen LogP contribution in [0.4, 0.5) is 11.4 Å².